The number of fused-ring (bicyclic) bond motifs is 6. The third-order valence-electron chi connectivity index (χ3n) is 21.1. The minimum atomic E-state index is -1.39. The van der Waals surface area contributed by atoms with Crippen LogP contribution in [0, 0.1) is 69.0 Å². The van der Waals surface area contributed by atoms with Crippen LogP contribution >= 0.6 is 0 Å². The summed E-state index contributed by atoms with van der Waals surface area (Å²) >= 11 is 0. The number of nitrogens with one attached hydrogen (secondary N) is 1. The largest absolute Gasteiger partial charge is 0.469 e. The van der Waals surface area contributed by atoms with E-state index in [9.17, 15) is 19.8 Å². The van der Waals surface area contributed by atoms with Gasteiger partial charge in [-0.05, 0) is 132 Å². The molecular weight excluding hydrogens is 789 g/mol. The number of furan rings is 1. The molecule has 6 aliphatic carbocycles. The molecule has 0 amide bonds. The van der Waals surface area contributed by atoms with E-state index in [1.165, 1.54) is 6.42 Å². The lowest BCUT2D eigenvalue weighted by atomic mass is 9.32. The lowest BCUT2D eigenvalue weighted by molar-refractivity contribution is -0.282. The van der Waals surface area contributed by atoms with Crippen LogP contribution in [0.4, 0.5) is 0 Å². The second-order valence-corrected chi connectivity index (χ2v) is 23.4. The van der Waals surface area contributed by atoms with Crippen LogP contribution in [0.1, 0.15) is 128 Å². The molecule has 0 bridgehead atoms. The molecule has 0 radical (unpaired) electrons. The number of carbonyl (C=O) groups is 3. The molecule has 5 saturated heterocycles. The fourth-order valence-electron chi connectivity index (χ4n) is 19.0. The maximum absolute atomic E-state index is 15.6. The lowest BCUT2D eigenvalue weighted by Crippen LogP contribution is -2.79. The number of epoxide rings is 1. The van der Waals surface area contributed by atoms with Gasteiger partial charge in [0.25, 0.3) is 0 Å². The maximum atomic E-state index is 15.6. The number of ether oxygens (including phenoxy) is 4. The summed E-state index contributed by atoms with van der Waals surface area (Å²) in [7, 11) is 0. The summed E-state index contributed by atoms with van der Waals surface area (Å²) < 4.78 is 33.7. The highest BCUT2D eigenvalue weighted by molar-refractivity contribution is 5.93. The Morgan fingerprint density at radius 2 is 1.71 bits per heavy atom. The molecule has 11 fully saturated rings. The molecule has 0 aromatic carbocycles. The number of rotatable bonds is 4. The normalized spacial score (nSPS) is 51.6. The van der Waals surface area contributed by atoms with Crippen molar-refractivity contribution >= 4 is 17.7 Å². The number of Topliss-reactive ketones (excluding diaryl/α,β-unsaturated/α-hetero) is 1. The van der Waals surface area contributed by atoms with Gasteiger partial charge in [-0.2, -0.15) is 0 Å². The number of ketones is 1. The number of aliphatic hydroxyl groups excluding tert-OH is 2. The van der Waals surface area contributed by atoms with Crippen LogP contribution in [-0.2, 0) is 39.8 Å². The Morgan fingerprint density at radius 1 is 0.903 bits per heavy atom. The number of hydrogen-bond donors (Lipinski definition) is 3. The molecule has 6 aliphatic heterocycles. The van der Waals surface area contributed by atoms with Gasteiger partial charge in [0.15, 0.2) is 11.9 Å². The predicted molar refractivity (Wildman–Crippen MR) is 221 cm³/mol. The first-order chi connectivity index (χ1) is 29.8. The van der Waals surface area contributed by atoms with Gasteiger partial charge in [-0.15, -0.1) is 0 Å². The number of aliphatic hydroxyl groups is 2. The third kappa shape index (κ3) is 4.56. The summed E-state index contributed by atoms with van der Waals surface area (Å²) in [6.45, 7) is 8.15. The van der Waals surface area contributed by atoms with Gasteiger partial charge in [-0.3, -0.25) is 14.9 Å². The van der Waals surface area contributed by atoms with E-state index in [1.54, 1.807) is 6.26 Å². The molecule has 12 heteroatoms. The van der Waals surface area contributed by atoms with Crippen molar-refractivity contribution in [2.45, 2.75) is 165 Å². The monoisotopic (exact) mass is 854 g/mol. The number of allylic oxidation sites excluding steroid dienone is 1. The zero-order chi connectivity index (χ0) is 42.3. The number of nitrogens with zero attached hydrogens (tertiary/aromatic N) is 1. The first-order valence-electron chi connectivity index (χ1n) is 24.7. The first-order valence-corrected chi connectivity index (χ1v) is 24.7. The van der Waals surface area contributed by atoms with Crippen LogP contribution in [0.15, 0.2) is 29.0 Å². The molecule has 62 heavy (non-hydrogen) atoms. The number of esters is 2. The Balaban J connectivity index is 0.901. The average Bonchev–Trinajstić information content (AvgIpc) is 3.93. The van der Waals surface area contributed by atoms with Gasteiger partial charge in [0.2, 0.25) is 0 Å². The standard InChI is InChI=1S/C50H66N2O10/c1-45(2)38-37(54)39(55)49(28-8-4-5-9-28)36(48(38)24-59-44(57)47(43(48)62-45)15-6-7-16-47)12-17-46(3)40(60-42(56)41-50(46,49)61-41)29-14-19-58-35(29)22-32-30-20-27-13-18-52-25-51-23-33(52)31(27)21-26(30)10-11-34(32)53/h13-14,18-19,26-28,30-34,36,38-41,43,51,53,55H,4-12,15-17,20-25H2,1-3H3/t26-,27+,30-,31+,32+,33-,34+,36+,38+,39+,40-,41+,43-,46-,48+,49-,50+/m0/s1. The molecular formula is C50H66N2O10. The fourth-order valence-corrected chi connectivity index (χ4v) is 19.0. The molecule has 17 atom stereocenters. The van der Waals surface area contributed by atoms with Gasteiger partial charge in [-0.25, -0.2) is 4.79 Å². The second kappa shape index (κ2) is 13.0. The van der Waals surface area contributed by atoms with Crippen molar-refractivity contribution in [1.29, 1.82) is 0 Å². The molecule has 1 aromatic heterocycles. The van der Waals surface area contributed by atoms with E-state index in [1.807, 2.05) is 19.9 Å². The van der Waals surface area contributed by atoms with Gasteiger partial charge in [-0.1, -0.05) is 38.7 Å². The molecule has 336 valence electrons. The fraction of sp³-hybridized carbons (Fsp3) is 0.820. The smallest absolute Gasteiger partial charge is 0.339 e. The Kier molecular flexibility index (Phi) is 8.28. The van der Waals surface area contributed by atoms with Crippen molar-refractivity contribution in [3.05, 3.63) is 35.9 Å². The summed E-state index contributed by atoms with van der Waals surface area (Å²) in [5.41, 5.74) is -5.00. The lowest BCUT2D eigenvalue weighted by Gasteiger charge is -2.70. The van der Waals surface area contributed by atoms with Crippen molar-refractivity contribution in [3.8, 4) is 0 Å². The molecule has 6 saturated carbocycles. The van der Waals surface area contributed by atoms with Crippen molar-refractivity contribution in [2.24, 2.45) is 69.0 Å². The number of carbonyl (C=O) groups excluding carboxylic acids is 3. The average molecular weight is 855 g/mol. The van der Waals surface area contributed by atoms with Crippen molar-refractivity contribution < 1.29 is 48.0 Å². The Hall–Kier alpha value is -2.77. The van der Waals surface area contributed by atoms with Crippen LogP contribution in [0.2, 0.25) is 0 Å². The van der Waals surface area contributed by atoms with E-state index in [2.05, 4.69) is 29.4 Å². The quantitative estimate of drug-likeness (QED) is 0.248. The zero-order valence-corrected chi connectivity index (χ0v) is 36.7. The summed E-state index contributed by atoms with van der Waals surface area (Å²) in [5.74, 6) is 0.778. The summed E-state index contributed by atoms with van der Waals surface area (Å²) in [6.07, 6.45) is 14.9. The Morgan fingerprint density at radius 3 is 2.52 bits per heavy atom. The van der Waals surface area contributed by atoms with E-state index in [0.717, 1.165) is 82.3 Å². The van der Waals surface area contributed by atoms with Crippen LogP contribution in [0.3, 0.4) is 0 Å². The molecule has 12 aliphatic rings. The van der Waals surface area contributed by atoms with Crippen LogP contribution < -0.4 is 5.32 Å². The minimum Gasteiger partial charge on any atom is -0.469 e. The molecule has 13 rings (SSSR count). The van der Waals surface area contributed by atoms with Gasteiger partial charge >= 0.3 is 11.9 Å². The van der Waals surface area contributed by atoms with Gasteiger partial charge in [0.1, 0.15) is 30.2 Å². The van der Waals surface area contributed by atoms with Gasteiger partial charge < -0.3 is 38.5 Å². The van der Waals surface area contributed by atoms with Gasteiger partial charge in [0, 0.05) is 40.8 Å². The second-order valence-electron chi connectivity index (χ2n) is 23.4. The van der Waals surface area contributed by atoms with E-state index in [0.29, 0.717) is 61.8 Å². The van der Waals surface area contributed by atoms with Crippen molar-refractivity contribution in [3.63, 3.8) is 0 Å². The van der Waals surface area contributed by atoms with Crippen LogP contribution in [0.25, 0.3) is 0 Å². The van der Waals surface area contributed by atoms with E-state index < -0.39 is 75.3 Å². The highest BCUT2D eigenvalue weighted by atomic mass is 16.7. The van der Waals surface area contributed by atoms with E-state index in [4.69, 9.17) is 23.4 Å². The van der Waals surface area contributed by atoms with Crippen LogP contribution in [-0.4, -0.2) is 94.3 Å². The molecule has 3 spiro atoms. The summed E-state index contributed by atoms with van der Waals surface area (Å²) in [4.78, 5) is 46.8. The van der Waals surface area contributed by atoms with Crippen LogP contribution in [0.5, 0.6) is 0 Å². The summed E-state index contributed by atoms with van der Waals surface area (Å²) in [5, 5.41) is 28.7. The summed E-state index contributed by atoms with van der Waals surface area (Å²) in [6, 6.07) is 2.50. The van der Waals surface area contributed by atoms with E-state index >= 15 is 4.79 Å². The predicted octanol–water partition coefficient (Wildman–Crippen LogP) is 5.78. The molecule has 0 unspecified atom stereocenters. The molecule has 3 N–H and O–H groups in total. The van der Waals surface area contributed by atoms with E-state index in [-0.39, 0.29) is 36.1 Å². The zero-order valence-electron chi connectivity index (χ0n) is 36.7. The van der Waals surface area contributed by atoms with Crippen molar-refractivity contribution in [2.75, 3.05) is 19.8 Å². The third-order valence-corrected chi connectivity index (χ3v) is 21.1. The SMILES string of the molecule is CC1(C)O[C@H]2C3(CCCC3)C(=O)OC[C@@]23[C@@H]1C(=O)[C@@H](O)[C@]1(C2CCCC2)[C@@H]3CC[C@@]2(C)[C@H](c3ccoc3C[C@@H]3[C@H]4C[C@H]5C=CN6CNC[C@H]6[C@@H]5C[C@@H]4CC[C@H]3O)OC(=O)[C@H]3O[C@@]312. The van der Waals surface area contributed by atoms with Gasteiger partial charge in [0.05, 0.1) is 42.1 Å². The number of hydrogen-bond acceptors (Lipinski definition) is 12. The van der Waals surface area contributed by atoms with Crippen molar-refractivity contribution in [1.82, 2.24) is 10.2 Å². The Labute approximate surface area is 364 Å². The Bertz CT molecular complexity index is 2110. The molecule has 1 aromatic rings. The highest BCUT2D eigenvalue weighted by Gasteiger charge is 2.93. The molecule has 12 nitrogen and oxygen atoms in total. The number of cyclic esters (lactones) is 2. The molecule has 7 heterocycles. The maximum Gasteiger partial charge on any atom is 0.339 e. The highest BCUT2D eigenvalue weighted by Crippen LogP contribution is 2.83. The first kappa shape index (κ1) is 39.6. The topological polar surface area (TPSA) is 160 Å². The minimum absolute atomic E-state index is 0.00711.